The molecule has 86 valence electrons. The van der Waals surface area contributed by atoms with Crippen molar-refractivity contribution in [3.8, 4) is 0 Å². The van der Waals surface area contributed by atoms with Gasteiger partial charge in [0.2, 0.25) is 0 Å². The monoisotopic (exact) mass is 230 g/mol. The lowest BCUT2D eigenvalue weighted by atomic mass is 10.2. The number of alkyl halides is 1. The molecule has 0 fully saturated rings. The quantitative estimate of drug-likeness (QED) is 0.699. The molecule has 1 atom stereocenters. The number of halogens is 1. The van der Waals surface area contributed by atoms with E-state index in [9.17, 15) is 0 Å². The van der Waals surface area contributed by atoms with Crippen molar-refractivity contribution < 1.29 is 0 Å². The van der Waals surface area contributed by atoms with Crippen molar-refractivity contribution in [3.63, 3.8) is 0 Å². The molecule has 5 heteroatoms. The zero-order valence-electron chi connectivity index (χ0n) is 9.65. The molecule has 1 heterocycles. The molecule has 1 aromatic heterocycles. The summed E-state index contributed by atoms with van der Waals surface area (Å²) in [5.41, 5.74) is 0. The first kappa shape index (κ1) is 12.5. The predicted octanol–water partition coefficient (Wildman–Crippen LogP) is 1.75. The van der Waals surface area contributed by atoms with Crippen LogP contribution in [0.15, 0.2) is 6.33 Å². The third-order valence-corrected chi connectivity index (χ3v) is 3.09. The summed E-state index contributed by atoms with van der Waals surface area (Å²) in [7, 11) is 2.14. The van der Waals surface area contributed by atoms with Gasteiger partial charge in [0.1, 0.15) is 12.2 Å². The van der Waals surface area contributed by atoms with E-state index in [0.29, 0.717) is 11.9 Å². The van der Waals surface area contributed by atoms with E-state index in [1.807, 2.05) is 4.57 Å². The van der Waals surface area contributed by atoms with Gasteiger partial charge in [0.05, 0.1) is 5.88 Å². The fraction of sp³-hybridized carbons (Fsp3) is 0.800. The largest absolute Gasteiger partial charge is 0.315 e. The molecular formula is C10H19ClN4. The van der Waals surface area contributed by atoms with E-state index >= 15 is 0 Å². The van der Waals surface area contributed by atoms with Crippen molar-refractivity contribution in [1.29, 1.82) is 0 Å². The van der Waals surface area contributed by atoms with Crippen LogP contribution in [0, 0.1) is 0 Å². The Kier molecular flexibility index (Phi) is 5.05. The van der Waals surface area contributed by atoms with Gasteiger partial charge >= 0.3 is 0 Å². The minimum absolute atomic E-state index is 0.424. The maximum absolute atomic E-state index is 5.74. The summed E-state index contributed by atoms with van der Waals surface area (Å²) >= 11 is 5.74. The van der Waals surface area contributed by atoms with Crippen molar-refractivity contribution in [2.45, 2.75) is 38.7 Å². The van der Waals surface area contributed by atoms with Crippen molar-refractivity contribution in [2.75, 3.05) is 13.6 Å². The fourth-order valence-corrected chi connectivity index (χ4v) is 1.57. The van der Waals surface area contributed by atoms with Gasteiger partial charge in [-0.25, -0.2) is 0 Å². The maximum atomic E-state index is 5.74. The number of likely N-dealkylation sites (N-methyl/N-ethyl adjacent to an activating group) is 1. The lowest BCUT2D eigenvalue weighted by Crippen LogP contribution is -2.31. The zero-order chi connectivity index (χ0) is 11.3. The van der Waals surface area contributed by atoms with Crippen LogP contribution in [0.25, 0.3) is 0 Å². The Balaban J connectivity index is 2.43. The third-order valence-electron chi connectivity index (χ3n) is 2.85. The molecule has 0 saturated heterocycles. The normalized spacial score (nSPS) is 13.4. The van der Waals surface area contributed by atoms with Crippen molar-refractivity contribution in [1.82, 2.24) is 19.7 Å². The summed E-state index contributed by atoms with van der Waals surface area (Å²) in [6, 6.07) is 0.612. The summed E-state index contributed by atoms with van der Waals surface area (Å²) in [6.45, 7) is 6.32. The second-order valence-corrected chi connectivity index (χ2v) is 4.08. The molecule has 0 N–H and O–H groups in total. The average Bonchev–Trinajstić information content (AvgIpc) is 2.71. The number of nitrogens with zero attached hydrogens (tertiary/aromatic N) is 4. The Labute approximate surface area is 96.2 Å². The summed E-state index contributed by atoms with van der Waals surface area (Å²) in [5.74, 6) is 1.27. The first-order chi connectivity index (χ1) is 7.19. The van der Waals surface area contributed by atoms with E-state index in [4.69, 9.17) is 11.6 Å². The summed E-state index contributed by atoms with van der Waals surface area (Å²) < 4.78 is 2.01. The molecule has 15 heavy (non-hydrogen) atoms. The van der Waals surface area contributed by atoms with Gasteiger partial charge in [-0.15, -0.1) is 21.8 Å². The zero-order valence-corrected chi connectivity index (χ0v) is 10.4. The molecule has 0 radical (unpaired) electrons. The Morgan fingerprint density at radius 2 is 2.33 bits per heavy atom. The molecule has 0 saturated carbocycles. The third kappa shape index (κ3) is 3.47. The van der Waals surface area contributed by atoms with Gasteiger partial charge < -0.3 is 9.47 Å². The van der Waals surface area contributed by atoms with Gasteiger partial charge in [-0.05, 0) is 20.4 Å². The highest BCUT2D eigenvalue weighted by molar-refractivity contribution is 6.16. The number of hydrogen-bond donors (Lipinski definition) is 0. The molecule has 1 aromatic rings. The van der Waals surface area contributed by atoms with E-state index in [-0.39, 0.29) is 0 Å². The molecule has 0 aromatic carbocycles. The lowest BCUT2D eigenvalue weighted by Gasteiger charge is -2.23. The average molecular weight is 231 g/mol. The van der Waals surface area contributed by atoms with Crippen LogP contribution in [0.4, 0.5) is 0 Å². The molecule has 1 unspecified atom stereocenters. The van der Waals surface area contributed by atoms with E-state index in [2.05, 4.69) is 36.0 Å². The standard InChI is InChI=1S/C10H19ClN4/c1-4-9(2)14(3)5-6-15-8-12-13-10(15)7-11/h8-9H,4-7H2,1-3H3. The Hall–Kier alpha value is -0.610. The fourth-order valence-electron chi connectivity index (χ4n) is 1.37. The number of aromatic nitrogens is 3. The van der Waals surface area contributed by atoms with Gasteiger partial charge in [-0.3, -0.25) is 0 Å². The second kappa shape index (κ2) is 6.08. The van der Waals surface area contributed by atoms with Crippen LogP contribution in [0.3, 0.4) is 0 Å². The van der Waals surface area contributed by atoms with Gasteiger partial charge in [0, 0.05) is 19.1 Å². The van der Waals surface area contributed by atoms with E-state index < -0.39 is 0 Å². The predicted molar refractivity (Wildman–Crippen MR) is 62.0 cm³/mol. The van der Waals surface area contributed by atoms with Crippen molar-refractivity contribution in [3.05, 3.63) is 12.2 Å². The summed E-state index contributed by atoms with van der Waals surface area (Å²) in [4.78, 5) is 2.33. The minimum Gasteiger partial charge on any atom is -0.315 e. The SMILES string of the molecule is CCC(C)N(C)CCn1cnnc1CCl. The summed E-state index contributed by atoms with van der Waals surface area (Å²) in [5, 5.41) is 7.79. The molecule has 0 aliphatic heterocycles. The molecule has 0 spiro atoms. The van der Waals surface area contributed by atoms with Crippen LogP contribution < -0.4 is 0 Å². The first-order valence-corrected chi connectivity index (χ1v) is 5.85. The minimum atomic E-state index is 0.424. The smallest absolute Gasteiger partial charge is 0.147 e. The highest BCUT2D eigenvalue weighted by Gasteiger charge is 2.08. The molecule has 0 aliphatic rings. The molecule has 4 nitrogen and oxygen atoms in total. The Bertz CT molecular complexity index is 287. The molecular weight excluding hydrogens is 212 g/mol. The van der Waals surface area contributed by atoms with Crippen LogP contribution in [0.1, 0.15) is 26.1 Å². The van der Waals surface area contributed by atoms with Crippen LogP contribution in [0.5, 0.6) is 0 Å². The molecule has 1 rings (SSSR count). The first-order valence-electron chi connectivity index (χ1n) is 5.31. The van der Waals surface area contributed by atoms with Crippen molar-refractivity contribution in [2.24, 2.45) is 0 Å². The Morgan fingerprint density at radius 1 is 1.60 bits per heavy atom. The lowest BCUT2D eigenvalue weighted by molar-refractivity contribution is 0.241. The van der Waals surface area contributed by atoms with Gasteiger partial charge in [-0.1, -0.05) is 6.92 Å². The van der Waals surface area contributed by atoms with Gasteiger partial charge in [-0.2, -0.15) is 0 Å². The van der Waals surface area contributed by atoms with E-state index in [1.54, 1.807) is 6.33 Å². The summed E-state index contributed by atoms with van der Waals surface area (Å²) in [6.07, 6.45) is 2.91. The van der Waals surface area contributed by atoms with E-state index in [1.165, 1.54) is 6.42 Å². The van der Waals surface area contributed by atoms with Gasteiger partial charge in [0.15, 0.2) is 0 Å². The van der Waals surface area contributed by atoms with Gasteiger partial charge in [0.25, 0.3) is 0 Å². The molecule has 0 bridgehead atoms. The Morgan fingerprint density at radius 3 is 2.93 bits per heavy atom. The van der Waals surface area contributed by atoms with E-state index in [0.717, 1.165) is 18.9 Å². The molecule has 0 aliphatic carbocycles. The second-order valence-electron chi connectivity index (χ2n) is 3.81. The van der Waals surface area contributed by atoms with Crippen molar-refractivity contribution >= 4 is 11.6 Å². The number of hydrogen-bond acceptors (Lipinski definition) is 3. The highest BCUT2D eigenvalue weighted by atomic mass is 35.5. The number of rotatable bonds is 6. The van der Waals surface area contributed by atoms with Crippen LogP contribution >= 0.6 is 11.6 Å². The van der Waals surface area contributed by atoms with Crippen LogP contribution in [0.2, 0.25) is 0 Å². The maximum Gasteiger partial charge on any atom is 0.147 e. The topological polar surface area (TPSA) is 34.0 Å². The highest BCUT2D eigenvalue weighted by Crippen LogP contribution is 2.03. The van der Waals surface area contributed by atoms with Crippen LogP contribution in [-0.4, -0.2) is 39.3 Å². The van der Waals surface area contributed by atoms with Crippen LogP contribution in [-0.2, 0) is 12.4 Å². The molecule has 0 amide bonds.